The van der Waals surface area contributed by atoms with Crippen LogP contribution in [0.4, 0.5) is 5.69 Å². The van der Waals surface area contributed by atoms with Crippen LogP contribution in [-0.2, 0) is 4.79 Å². The van der Waals surface area contributed by atoms with Crippen LogP contribution in [-0.4, -0.2) is 28.9 Å². The molecule has 1 fully saturated rings. The largest absolute Gasteiger partial charge is 0.360 e. The summed E-state index contributed by atoms with van der Waals surface area (Å²) in [6.07, 6.45) is 5.60. The second-order valence-corrected chi connectivity index (χ2v) is 9.15. The number of pyridine rings is 1. The highest BCUT2D eigenvalue weighted by atomic mass is 79.9. The third kappa shape index (κ3) is 4.18. The maximum absolute atomic E-state index is 12.4. The van der Waals surface area contributed by atoms with Crippen LogP contribution in [0, 0.1) is 6.92 Å². The maximum atomic E-state index is 12.4. The van der Waals surface area contributed by atoms with Gasteiger partial charge in [-0.1, -0.05) is 15.9 Å². The van der Waals surface area contributed by atoms with Crippen molar-refractivity contribution in [1.29, 1.82) is 0 Å². The van der Waals surface area contributed by atoms with Crippen molar-refractivity contribution in [3.8, 4) is 0 Å². The summed E-state index contributed by atoms with van der Waals surface area (Å²) in [4.78, 5) is 29.3. The summed E-state index contributed by atoms with van der Waals surface area (Å²) >= 11 is 3.41. The summed E-state index contributed by atoms with van der Waals surface area (Å²) in [5.41, 5.74) is 4.57. The molecule has 4 rings (SSSR count). The molecule has 2 amide bonds. The lowest BCUT2D eigenvalue weighted by Crippen LogP contribution is -2.41. The predicted molar refractivity (Wildman–Crippen MR) is 121 cm³/mol. The minimum atomic E-state index is -0.419. The number of rotatable bonds is 3. The van der Waals surface area contributed by atoms with Gasteiger partial charge in [0.15, 0.2) is 0 Å². The molecular formula is C23H25BrN4O2. The van der Waals surface area contributed by atoms with Gasteiger partial charge in [-0.2, -0.15) is 0 Å². The molecule has 6 nitrogen and oxygen atoms in total. The SMILES string of the molecule is Cc1cc(N/C=C2\C(=O)NC(=O)c3ccc(Br)cc32)cnc1C1C[C@@H](C)N[C@@H](C)C1. The minimum absolute atomic E-state index is 0.382. The summed E-state index contributed by atoms with van der Waals surface area (Å²) in [7, 11) is 0. The van der Waals surface area contributed by atoms with Crippen molar-refractivity contribution in [2.75, 3.05) is 5.32 Å². The second kappa shape index (κ2) is 8.32. The number of fused-ring (bicyclic) bond motifs is 1. The number of aryl methyl sites for hydroxylation is 1. The molecule has 0 saturated carbocycles. The number of hydrogen-bond acceptors (Lipinski definition) is 5. The van der Waals surface area contributed by atoms with Crippen LogP contribution in [0.2, 0.25) is 0 Å². The molecule has 1 aromatic carbocycles. The van der Waals surface area contributed by atoms with E-state index in [9.17, 15) is 9.59 Å². The van der Waals surface area contributed by atoms with Gasteiger partial charge < -0.3 is 10.6 Å². The Labute approximate surface area is 184 Å². The van der Waals surface area contributed by atoms with Gasteiger partial charge in [-0.15, -0.1) is 0 Å². The van der Waals surface area contributed by atoms with Gasteiger partial charge in [0.05, 0.1) is 17.5 Å². The van der Waals surface area contributed by atoms with E-state index in [0.717, 1.165) is 34.3 Å². The molecule has 156 valence electrons. The van der Waals surface area contributed by atoms with E-state index in [1.165, 1.54) is 0 Å². The van der Waals surface area contributed by atoms with Crippen LogP contribution in [0.15, 0.2) is 41.1 Å². The molecule has 30 heavy (non-hydrogen) atoms. The Kier molecular flexibility index (Phi) is 5.75. The number of carbonyl (C=O) groups excluding carboxylic acids is 2. The van der Waals surface area contributed by atoms with Crippen molar-refractivity contribution in [1.82, 2.24) is 15.6 Å². The minimum Gasteiger partial charge on any atom is -0.360 e. The number of amides is 2. The average molecular weight is 469 g/mol. The van der Waals surface area contributed by atoms with E-state index in [4.69, 9.17) is 4.98 Å². The number of carbonyl (C=O) groups is 2. The highest BCUT2D eigenvalue weighted by Crippen LogP contribution is 2.32. The highest BCUT2D eigenvalue weighted by molar-refractivity contribution is 9.10. The number of imide groups is 1. The molecule has 1 saturated heterocycles. The quantitative estimate of drug-likeness (QED) is 0.466. The van der Waals surface area contributed by atoms with E-state index in [-0.39, 0.29) is 5.91 Å². The highest BCUT2D eigenvalue weighted by Gasteiger charge is 2.28. The molecule has 3 heterocycles. The Morgan fingerprint density at radius 1 is 1.10 bits per heavy atom. The molecule has 0 bridgehead atoms. The lowest BCUT2D eigenvalue weighted by atomic mass is 9.85. The van der Waals surface area contributed by atoms with Crippen molar-refractivity contribution in [2.45, 2.75) is 51.6 Å². The first-order valence-corrected chi connectivity index (χ1v) is 11.0. The molecule has 1 unspecified atom stereocenters. The Hall–Kier alpha value is -2.51. The third-order valence-corrected chi connectivity index (χ3v) is 6.22. The summed E-state index contributed by atoms with van der Waals surface area (Å²) in [5, 5.41) is 9.15. The number of piperidine rings is 1. The van der Waals surface area contributed by atoms with Gasteiger partial charge in [-0.25, -0.2) is 0 Å². The molecule has 3 N–H and O–H groups in total. The lowest BCUT2D eigenvalue weighted by molar-refractivity contribution is -0.114. The smallest absolute Gasteiger partial charge is 0.260 e. The summed E-state index contributed by atoms with van der Waals surface area (Å²) in [5.74, 6) is -0.355. The van der Waals surface area contributed by atoms with E-state index < -0.39 is 5.91 Å². The van der Waals surface area contributed by atoms with Crippen LogP contribution in [0.1, 0.15) is 59.8 Å². The van der Waals surface area contributed by atoms with Crippen molar-refractivity contribution in [3.05, 3.63) is 63.5 Å². The standard InChI is InChI=1S/C23H25BrN4O2/c1-12-6-17(10-26-21(12)15-7-13(2)27-14(3)8-15)25-11-20-19-9-16(24)4-5-18(19)22(29)28-23(20)30/h4-6,9-11,13-15,25,27H,7-8H2,1-3H3,(H,28,29,30)/b20-11-/t13-,14+,15?. The zero-order chi connectivity index (χ0) is 21.4. The van der Waals surface area contributed by atoms with Gasteiger partial charge >= 0.3 is 0 Å². The van der Waals surface area contributed by atoms with E-state index in [0.29, 0.717) is 34.7 Å². The van der Waals surface area contributed by atoms with Crippen molar-refractivity contribution < 1.29 is 9.59 Å². The van der Waals surface area contributed by atoms with Gasteiger partial charge in [-0.05, 0) is 63.4 Å². The van der Waals surface area contributed by atoms with Gasteiger partial charge in [0.2, 0.25) is 0 Å². The molecule has 2 aliphatic rings. The average Bonchev–Trinajstić information content (AvgIpc) is 2.66. The zero-order valence-electron chi connectivity index (χ0n) is 17.3. The number of nitrogens with one attached hydrogen (secondary N) is 3. The zero-order valence-corrected chi connectivity index (χ0v) is 18.8. The summed E-state index contributed by atoms with van der Waals surface area (Å²) in [6, 6.07) is 8.30. The molecule has 7 heteroatoms. The van der Waals surface area contributed by atoms with Gasteiger partial charge in [0.25, 0.3) is 11.8 Å². The number of benzene rings is 1. The van der Waals surface area contributed by atoms with Gasteiger partial charge in [0, 0.05) is 45.5 Å². The number of halogens is 1. The lowest BCUT2D eigenvalue weighted by Gasteiger charge is -2.33. The number of nitrogens with zero attached hydrogens (tertiary/aromatic N) is 1. The third-order valence-electron chi connectivity index (χ3n) is 5.72. The topological polar surface area (TPSA) is 83.1 Å². The van der Waals surface area contributed by atoms with E-state index in [2.05, 4.69) is 58.7 Å². The van der Waals surface area contributed by atoms with Crippen LogP contribution in [0.5, 0.6) is 0 Å². The van der Waals surface area contributed by atoms with E-state index in [1.54, 1.807) is 24.4 Å². The van der Waals surface area contributed by atoms with Crippen LogP contribution in [0.3, 0.4) is 0 Å². The fraction of sp³-hybridized carbons (Fsp3) is 0.348. The molecule has 0 radical (unpaired) electrons. The van der Waals surface area contributed by atoms with E-state index >= 15 is 0 Å². The van der Waals surface area contributed by atoms with Crippen molar-refractivity contribution in [3.63, 3.8) is 0 Å². The predicted octanol–water partition coefficient (Wildman–Crippen LogP) is 4.12. The monoisotopic (exact) mass is 468 g/mol. The fourth-order valence-electron chi connectivity index (χ4n) is 4.48. The van der Waals surface area contributed by atoms with Gasteiger partial charge in [0.1, 0.15) is 0 Å². The van der Waals surface area contributed by atoms with Crippen LogP contribution >= 0.6 is 15.9 Å². The molecule has 2 aromatic rings. The summed E-state index contributed by atoms with van der Waals surface area (Å²) in [6.45, 7) is 6.52. The Morgan fingerprint density at radius 2 is 1.83 bits per heavy atom. The molecular weight excluding hydrogens is 444 g/mol. The molecule has 3 atom stereocenters. The number of aromatic nitrogens is 1. The Bertz CT molecular complexity index is 1040. The van der Waals surface area contributed by atoms with Crippen LogP contribution < -0.4 is 16.0 Å². The molecule has 0 aliphatic carbocycles. The second-order valence-electron chi connectivity index (χ2n) is 8.24. The fourth-order valence-corrected chi connectivity index (χ4v) is 4.84. The first kappa shape index (κ1) is 20.8. The number of hydrogen-bond donors (Lipinski definition) is 3. The summed E-state index contributed by atoms with van der Waals surface area (Å²) < 4.78 is 0.807. The first-order chi connectivity index (χ1) is 14.3. The van der Waals surface area contributed by atoms with Crippen molar-refractivity contribution >= 4 is 39.0 Å². The molecule has 1 aromatic heterocycles. The Morgan fingerprint density at radius 3 is 2.53 bits per heavy atom. The normalized spacial score (nSPS) is 25.1. The van der Waals surface area contributed by atoms with Gasteiger partial charge in [-0.3, -0.25) is 19.9 Å². The van der Waals surface area contributed by atoms with Crippen molar-refractivity contribution in [2.24, 2.45) is 0 Å². The van der Waals surface area contributed by atoms with Crippen LogP contribution in [0.25, 0.3) is 5.57 Å². The molecule has 0 spiro atoms. The Balaban J connectivity index is 1.58. The molecule has 2 aliphatic heterocycles. The maximum Gasteiger partial charge on any atom is 0.260 e. The first-order valence-electron chi connectivity index (χ1n) is 10.2. The van der Waals surface area contributed by atoms with E-state index in [1.807, 2.05) is 6.20 Å². The number of anilines is 1.